The number of carbonyl (C=O) groups excluding carboxylic acids is 2. The lowest BCUT2D eigenvalue weighted by molar-refractivity contribution is -0.332. The number of hydrogen-bond acceptors (Lipinski definition) is 15. The molecule has 2 saturated heterocycles. The molecule has 4 unspecified atom stereocenters. The number of carbonyl (C=O) groups is 2. The zero-order chi connectivity index (χ0) is 52.4. The van der Waals surface area contributed by atoms with Gasteiger partial charge in [0.05, 0.1) is 19.8 Å². The molecule has 2 rings (SSSR count). The second-order valence-electron chi connectivity index (χ2n) is 19.0. The molecule has 11 atom stereocenters. The Bertz CT molecular complexity index is 1530. The number of unbranched alkanes of at least 4 members (excludes halogenated alkanes) is 16. The number of aliphatic hydroxyl groups excluding tert-OH is 7. The van der Waals surface area contributed by atoms with Gasteiger partial charge >= 0.3 is 11.9 Å². The highest BCUT2D eigenvalue weighted by molar-refractivity contribution is 5.70. The van der Waals surface area contributed by atoms with Gasteiger partial charge in [-0.1, -0.05) is 157 Å². The molecule has 0 saturated carbocycles. The first-order chi connectivity index (χ1) is 35.0. The van der Waals surface area contributed by atoms with Gasteiger partial charge < -0.3 is 64.2 Å². The Kier molecular flexibility index (Phi) is 39.0. The SMILES string of the molecule is CC/C=C/C/C=C/C/C=C/C/C=C/C/C=C/CCCCCC(=O)O[C@H](COC(=O)CCCCCCCCC/C=C/CCCCCCCC)CO[C@H]1O[C@@H](CO[C@H]2O[C@@H](CO)[C@@H](O)C(O)C2O)[C@@H](O)C(O)C1O. The lowest BCUT2D eigenvalue weighted by Gasteiger charge is -2.42. The van der Waals surface area contributed by atoms with E-state index in [1.165, 1.54) is 57.8 Å². The van der Waals surface area contributed by atoms with E-state index in [1.54, 1.807) is 0 Å². The quantitative estimate of drug-likeness (QED) is 0.0172. The van der Waals surface area contributed by atoms with Gasteiger partial charge in [0.2, 0.25) is 0 Å². The summed E-state index contributed by atoms with van der Waals surface area (Å²) in [5, 5.41) is 72.2. The number of allylic oxidation sites excluding steroid dienone is 12. The van der Waals surface area contributed by atoms with Crippen molar-refractivity contribution in [2.75, 3.05) is 26.4 Å². The smallest absolute Gasteiger partial charge is 0.306 e. The molecule has 0 aromatic rings. The zero-order valence-corrected chi connectivity index (χ0v) is 43.9. The van der Waals surface area contributed by atoms with Crippen LogP contribution < -0.4 is 0 Å². The van der Waals surface area contributed by atoms with E-state index in [0.717, 1.165) is 83.5 Å². The van der Waals surface area contributed by atoms with Gasteiger partial charge in [0, 0.05) is 12.8 Å². The molecule has 0 radical (unpaired) electrons. The van der Waals surface area contributed by atoms with Gasteiger partial charge in [-0.15, -0.1) is 0 Å². The largest absolute Gasteiger partial charge is 0.462 e. The Labute approximate surface area is 432 Å². The monoisotopic (exact) mass is 1020 g/mol. The van der Waals surface area contributed by atoms with Crippen molar-refractivity contribution in [2.24, 2.45) is 0 Å². The first-order valence-electron chi connectivity index (χ1n) is 27.5. The maximum atomic E-state index is 13.0. The van der Waals surface area contributed by atoms with Gasteiger partial charge in [0.15, 0.2) is 18.7 Å². The molecule has 0 bridgehead atoms. The van der Waals surface area contributed by atoms with Crippen molar-refractivity contribution in [3.63, 3.8) is 0 Å². The second kappa shape index (κ2) is 43.2. The maximum Gasteiger partial charge on any atom is 0.306 e. The first-order valence-corrected chi connectivity index (χ1v) is 27.5. The highest BCUT2D eigenvalue weighted by Gasteiger charge is 2.47. The minimum absolute atomic E-state index is 0.122. The molecule has 72 heavy (non-hydrogen) atoms. The molecular formula is C57H96O15. The second-order valence-corrected chi connectivity index (χ2v) is 19.0. The van der Waals surface area contributed by atoms with Crippen LogP contribution in [0.3, 0.4) is 0 Å². The number of rotatable bonds is 42. The van der Waals surface area contributed by atoms with Gasteiger partial charge in [-0.2, -0.15) is 0 Å². The van der Waals surface area contributed by atoms with E-state index >= 15 is 0 Å². The molecule has 7 N–H and O–H groups in total. The van der Waals surface area contributed by atoms with Crippen LogP contribution in [0.25, 0.3) is 0 Å². The van der Waals surface area contributed by atoms with Crippen molar-refractivity contribution in [3.8, 4) is 0 Å². The lowest BCUT2D eigenvalue weighted by Crippen LogP contribution is -2.61. The number of aliphatic hydroxyl groups is 7. The van der Waals surface area contributed by atoms with Gasteiger partial charge in [0.1, 0.15) is 55.4 Å². The fourth-order valence-corrected chi connectivity index (χ4v) is 8.18. The lowest BCUT2D eigenvalue weighted by atomic mass is 9.98. The van der Waals surface area contributed by atoms with E-state index in [-0.39, 0.29) is 19.4 Å². The fourth-order valence-electron chi connectivity index (χ4n) is 8.18. The molecule has 2 fully saturated rings. The summed E-state index contributed by atoms with van der Waals surface area (Å²) in [6, 6.07) is 0. The molecule has 15 nitrogen and oxygen atoms in total. The predicted octanol–water partition coefficient (Wildman–Crippen LogP) is 8.60. The molecule has 0 aromatic carbocycles. The summed E-state index contributed by atoms with van der Waals surface area (Å²) in [5.41, 5.74) is 0. The molecule has 0 spiro atoms. The van der Waals surface area contributed by atoms with Crippen molar-refractivity contribution in [1.82, 2.24) is 0 Å². The zero-order valence-electron chi connectivity index (χ0n) is 43.9. The topological polar surface area (TPSA) is 231 Å². The maximum absolute atomic E-state index is 13.0. The summed E-state index contributed by atoms with van der Waals surface area (Å²) in [5.74, 6) is -0.971. The first kappa shape index (κ1) is 65.1. The Hall–Kier alpha value is -3.06. The van der Waals surface area contributed by atoms with E-state index in [0.29, 0.717) is 12.8 Å². The molecular weight excluding hydrogens is 925 g/mol. The average molecular weight is 1020 g/mol. The Balaban J connectivity index is 1.80. The minimum Gasteiger partial charge on any atom is -0.462 e. The number of hydrogen-bond donors (Lipinski definition) is 7. The molecule has 0 amide bonds. The van der Waals surface area contributed by atoms with Crippen LogP contribution in [-0.4, -0.2) is 142 Å². The summed E-state index contributed by atoms with van der Waals surface area (Å²) >= 11 is 0. The third-order valence-corrected chi connectivity index (χ3v) is 12.7. The fraction of sp³-hybridized carbons (Fsp3) is 0.754. The van der Waals surface area contributed by atoms with E-state index in [2.05, 4.69) is 86.8 Å². The third kappa shape index (κ3) is 30.3. The van der Waals surface area contributed by atoms with Crippen molar-refractivity contribution in [1.29, 1.82) is 0 Å². The standard InChI is InChI=1S/C57H96O15/c1-3-5-7-9-11-13-15-17-19-21-22-24-26-28-30-32-34-36-38-40-49(60)70-45(42-67-48(59)39-37-35-33-31-29-27-25-23-20-18-16-14-12-10-8-6-4-2)43-68-56-55(66)53(64)51(62)47(72-56)44-69-57-54(65)52(63)50(61)46(41-58)71-57/h5,7,11,13,17-20,22,24,28,30,45-47,50-58,61-66H,3-4,6,8-10,12,14-16,21,23,25-27,29,31-44H2,1-2H3/b7-5+,13-11+,19-17+,20-18+,24-22+,30-28+/t45-,46+,47+,50-,51-,52?,53?,54?,55?,56+,57+/m1/s1. The molecule has 2 heterocycles. The van der Waals surface area contributed by atoms with Crippen LogP contribution in [0.2, 0.25) is 0 Å². The van der Waals surface area contributed by atoms with Crippen molar-refractivity contribution in [3.05, 3.63) is 72.9 Å². The molecule has 2 aliphatic heterocycles. The summed E-state index contributed by atoms with van der Waals surface area (Å²) < 4.78 is 33.6. The van der Waals surface area contributed by atoms with Gasteiger partial charge in [0.25, 0.3) is 0 Å². The van der Waals surface area contributed by atoms with Gasteiger partial charge in [-0.25, -0.2) is 0 Å². The molecule has 0 aromatic heterocycles. The highest BCUT2D eigenvalue weighted by Crippen LogP contribution is 2.26. The Morgan fingerprint density at radius 3 is 1.40 bits per heavy atom. The van der Waals surface area contributed by atoms with Crippen LogP contribution in [0, 0.1) is 0 Å². The number of ether oxygens (including phenoxy) is 6. The average Bonchev–Trinajstić information content (AvgIpc) is 3.37. The van der Waals surface area contributed by atoms with Crippen LogP contribution in [0.4, 0.5) is 0 Å². The predicted molar refractivity (Wildman–Crippen MR) is 279 cm³/mol. The van der Waals surface area contributed by atoms with Gasteiger partial charge in [-0.3, -0.25) is 9.59 Å². The van der Waals surface area contributed by atoms with E-state index in [1.807, 2.05) is 0 Å². The summed E-state index contributed by atoms with van der Waals surface area (Å²) in [6.07, 6.45) is 34.9. The molecule has 15 heteroatoms. The van der Waals surface area contributed by atoms with Crippen LogP contribution in [0.15, 0.2) is 72.9 Å². The van der Waals surface area contributed by atoms with Crippen molar-refractivity contribution < 1.29 is 73.8 Å². The van der Waals surface area contributed by atoms with Crippen LogP contribution in [0.5, 0.6) is 0 Å². The molecule has 0 aliphatic carbocycles. The van der Waals surface area contributed by atoms with Crippen LogP contribution in [-0.2, 0) is 38.0 Å². The van der Waals surface area contributed by atoms with Crippen LogP contribution in [0.1, 0.15) is 181 Å². The highest BCUT2D eigenvalue weighted by atomic mass is 16.7. The van der Waals surface area contributed by atoms with E-state index in [4.69, 9.17) is 28.4 Å². The van der Waals surface area contributed by atoms with Crippen molar-refractivity contribution >= 4 is 11.9 Å². The van der Waals surface area contributed by atoms with Crippen molar-refractivity contribution in [2.45, 2.75) is 248 Å². The van der Waals surface area contributed by atoms with E-state index < -0.39 is 99.3 Å². The molecule has 2 aliphatic rings. The Morgan fingerprint density at radius 1 is 0.458 bits per heavy atom. The summed E-state index contributed by atoms with van der Waals surface area (Å²) in [4.78, 5) is 25.8. The number of esters is 2. The Morgan fingerprint density at radius 2 is 0.875 bits per heavy atom. The third-order valence-electron chi connectivity index (χ3n) is 12.7. The van der Waals surface area contributed by atoms with E-state index in [9.17, 15) is 45.3 Å². The summed E-state index contributed by atoms with van der Waals surface area (Å²) in [7, 11) is 0. The minimum atomic E-state index is -1.78. The van der Waals surface area contributed by atoms with Gasteiger partial charge in [-0.05, 0) is 83.5 Å². The normalized spacial score (nSPS) is 25.6. The molecule has 414 valence electrons. The van der Waals surface area contributed by atoms with Crippen LogP contribution >= 0.6 is 0 Å². The summed E-state index contributed by atoms with van der Waals surface area (Å²) in [6.45, 7) is 2.43.